The van der Waals surface area contributed by atoms with Crippen LogP contribution in [-0.2, 0) is 0 Å². The zero-order chi connectivity index (χ0) is 29.5. The Morgan fingerprint density at radius 2 is 1.16 bits per heavy atom. The Morgan fingerprint density at radius 3 is 2.02 bits per heavy atom. The monoisotopic (exact) mass is 575 g/mol. The van der Waals surface area contributed by atoms with Crippen molar-refractivity contribution in [2.75, 3.05) is 0 Å². The first-order valence-corrected chi connectivity index (χ1v) is 15.2. The summed E-state index contributed by atoms with van der Waals surface area (Å²) >= 11 is 0. The van der Waals surface area contributed by atoms with Crippen molar-refractivity contribution >= 4 is 65.6 Å². The average molecular weight is 576 g/mol. The lowest BCUT2D eigenvalue weighted by atomic mass is 10.0. The van der Waals surface area contributed by atoms with Crippen molar-refractivity contribution in [1.82, 2.24) is 14.1 Å². The molecule has 0 aliphatic rings. The number of rotatable bonds is 3. The molecule has 0 fully saturated rings. The molecule has 0 spiro atoms. The van der Waals surface area contributed by atoms with Gasteiger partial charge in [0.05, 0.1) is 27.5 Å². The van der Waals surface area contributed by atoms with Crippen molar-refractivity contribution in [1.29, 1.82) is 0 Å². The second kappa shape index (κ2) is 9.18. The Bertz CT molecular complexity index is 2750. The van der Waals surface area contributed by atoms with Gasteiger partial charge in [-0.2, -0.15) is 0 Å². The summed E-state index contributed by atoms with van der Waals surface area (Å²) in [6, 6.07) is 53.5. The molecule has 10 rings (SSSR count). The van der Waals surface area contributed by atoms with Gasteiger partial charge in [0.2, 0.25) is 0 Å². The van der Waals surface area contributed by atoms with Gasteiger partial charge < -0.3 is 8.98 Å². The molecule has 4 nitrogen and oxygen atoms in total. The number of furan rings is 1. The predicted molar refractivity (Wildman–Crippen MR) is 186 cm³/mol. The zero-order valence-electron chi connectivity index (χ0n) is 24.2. The van der Waals surface area contributed by atoms with E-state index in [0.717, 1.165) is 66.6 Å². The largest absolute Gasteiger partial charge is 0.455 e. The van der Waals surface area contributed by atoms with Gasteiger partial charge in [0.25, 0.3) is 0 Å². The molecule has 0 bridgehead atoms. The summed E-state index contributed by atoms with van der Waals surface area (Å²) in [7, 11) is 0. The molecular weight excluding hydrogens is 550 g/mol. The van der Waals surface area contributed by atoms with Gasteiger partial charge in [0.15, 0.2) is 0 Å². The molecule has 45 heavy (non-hydrogen) atoms. The van der Waals surface area contributed by atoms with Crippen LogP contribution in [0.5, 0.6) is 0 Å². The zero-order valence-corrected chi connectivity index (χ0v) is 24.2. The fraction of sp³-hybridized carbons (Fsp3) is 0. The smallest absolute Gasteiger partial charge is 0.145 e. The summed E-state index contributed by atoms with van der Waals surface area (Å²) in [5.41, 5.74) is 9.45. The number of fused-ring (bicyclic) bond motifs is 10. The molecule has 210 valence electrons. The van der Waals surface area contributed by atoms with Crippen molar-refractivity contribution in [3.05, 3.63) is 152 Å². The molecule has 7 aromatic carbocycles. The van der Waals surface area contributed by atoms with Crippen molar-refractivity contribution < 1.29 is 4.42 Å². The van der Waals surface area contributed by atoms with Crippen LogP contribution in [0.1, 0.15) is 0 Å². The van der Waals surface area contributed by atoms with Crippen molar-refractivity contribution in [2.24, 2.45) is 0 Å². The highest BCUT2D eigenvalue weighted by atomic mass is 16.3. The first kappa shape index (κ1) is 24.3. The van der Waals surface area contributed by atoms with Gasteiger partial charge >= 0.3 is 0 Å². The molecule has 10 aromatic rings. The summed E-state index contributed by atoms with van der Waals surface area (Å²) in [6.07, 6.45) is 0. The van der Waals surface area contributed by atoms with E-state index in [4.69, 9.17) is 9.40 Å². The van der Waals surface area contributed by atoms with Gasteiger partial charge in [0, 0.05) is 38.5 Å². The molecule has 0 N–H and O–H groups in total. The third-order valence-corrected chi connectivity index (χ3v) is 9.12. The first-order chi connectivity index (χ1) is 22.3. The van der Waals surface area contributed by atoms with E-state index in [9.17, 15) is 0 Å². The molecule has 0 amide bonds. The minimum absolute atomic E-state index is 0.910. The summed E-state index contributed by atoms with van der Waals surface area (Å²) < 4.78 is 11.2. The lowest BCUT2D eigenvalue weighted by Crippen LogP contribution is -1.99. The minimum Gasteiger partial charge on any atom is -0.455 e. The Morgan fingerprint density at radius 1 is 0.467 bits per heavy atom. The molecule has 0 atom stereocenters. The van der Waals surface area contributed by atoms with Crippen LogP contribution in [0.25, 0.3) is 88.3 Å². The maximum atomic E-state index is 6.58. The molecule has 0 aliphatic carbocycles. The molecular formula is C41H25N3O. The highest BCUT2D eigenvalue weighted by Crippen LogP contribution is 2.42. The van der Waals surface area contributed by atoms with E-state index in [1.165, 1.54) is 21.7 Å². The van der Waals surface area contributed by atoms with Crippen LogP contribution in [0.2, 0.25) is 0 Å². The van der Waals surface area contributed by atoms with E-state index in [1.807, 2.05) is 18.2 Å². The van der Waals surface area contributed by atoms with Gasteiger partial charge in [-0.3, -0.25) is 4.57 Å². The Hall–Kier alpha value is -6.13. The van der Waals surface area contributed by atoms with Crippen LogP contribution in [-0.4, -0.2) is 14.1 Å². The first-order valence-electron chi connectivity index (χ1n) is 15.2. The van der Waals surface area contributed by atoms with E-state index < -0.39 is 0 Å². The van der Waals surface area contributed by atoms with E-state index in [-0.39, 0.29) is 0 Å². The topological polar surface area (TPSA) is 35.9 Å². The van der Waals surface area contributed by atoms with Crippen LogP contribution in [0.3, 0.4) is 0 Å². The van der Waals surface area contributed by atoms with Gasteiger partial charge in [-0.1, -0.05) is 97.1 Å². The van der Waals surface area contributed by atoms with Crippen molar-refractivity contribution in [3.8, 4) is 22.8 Å². The van der Waals surface area contributed by atoms with Crippen LogP contribution in [0, 0.1) is 0 Å². The third-order valence-electron chi connectivity index (χ3n) is 9.12. The Balaban J connectivity index is 1.25. The quantitative estimate of drug-likeness (QED) is 0.210. The van der Waals surface area contributed by atoms with Crippen LogP contribution in [0.15, 0.2) is 156 Å². The highest BCUT2D eigenvalue weighted by Gasteiger charge is 2.21. The number of para-hydroxylation sites is 3. The SMILES string of the molecule is c1ccc(-c2nc3ccccc3n2-c2ccc(-n3c4ccc5c6ccccc6oc5c4c4ccc5ccccc5c43)cc2)cc1. The van der Waals surface area contributed by atoms with Crippen LogP contribution < -0.4 is 0 Å². The number of hydrogen-bond donors (Lipinski definition) is 0. The fourth-order valence-corrected chi connectivity index (χ4v) is 7.13. The standard InChI is InChI=1S/C41H25N3O/c1-2-11-27(12-3-1)41-42-34-15-7-8-16-35(34)44(41)29-21-19-28(20-22-29)43-36-25-24-32-31-14-6-9-17-37(31)45-40(32)38(36)33-23-18-26-10-4-5-13-30(26)39(33)43/h1-25H. The average Bonchev–Trinajstić information content (AvgIpc) is 3.78. The maximum absolute atomic E-state index is 6.58. The number of nitrogens with zero attached hydrogens (tertiary/aromatic N) is 3. The molecule has 4 heteroatoms. The lowest BCUT2D eigenvalue weighted by Gasteiger charge is -2.13. The molecule has 0 aliphatic heterocycles. The fourth-order valence-electron chi connectivity index (χ4n) is 7.13. The Labute approximate surface area is 258 Å². The third kappa shape index (κ3) is 3.45. The normalized spacial score (nSPS) is 12.0. The highest BCUT2D eigenvalue weighted by molar-refractivity contribution is 6.27. The van der Waals surface area contributed by atoms with E-state index >= 15 is 0 Å². The van der Waals surface area contributed by atoms with Crippen LogP contribution >= 0.6 is 0 Å². The number of aromatic nitrogens is 3. The number of benzene rings is 7. The van der Waals surface area contributed by atoms with Crippen LogP contribution in [0.4, 0.5) is 0 Å². The summed E-state index contributed by atoms with van der Waals surface area (Å²) in [6.45, 7) is 0. The second-order valence-electron chi connectivity index (χ2n) is 11.6. The number of imidazole rings is 1. The summed E-state index contributed by atoms with van der Waals surface area (Å²) in [5, 5.41) is 7.03. The van der Waals surface area contributed by atoms with Gasteiger partial charge in [-0.05, 0) is 60.0 Å². The predicted octanol–water partition coefficient (Wildman–Crippen LogP) is 10.8. The molecule has 0 radical (unpaired) electrons. The molecule has 0 saturated heterocycles. The molecule has 3 aromatic heterocycles. The number of hydrogen-bond acceptors (Lipinski definition) is 2. The van der Waals surface area contributed by atoms with E-state index in [2.05, 4.69) is 143 Å². The van der Waals surface area contributed by atoms with Gasteiger partial charge in [0.1, 0.15) is 17.0 Å². The summed E-state index contributed by atoms with van der Waals surface area (Å²) in [5.74, 6) is 0.930. The van der Waals surface area contributed by atoms with Crippen molar-refractivity contribution in [3.63, 3.8) is 0 Å². The molecule has 0 unspecified atom stereocenters. The van der Waals surface area contributed by atoms with E-state index in [0.29, 0.717) is 0 Å². The van der Waals surface area contributed by atoms with E-state index in [1.54, 1.807) is 0 Å². The minimum atomic E-state index is 0.910. The van der Waals surface area contributed by atoms with Gasteiger partial charge in [-0.15, -0.1) is 0 Å². The Kier molecular flexibility index (Phi) is 4.96. The molecule has 3 heterocycles. The second-order valence-corrected chi connectivity index (χ2v) is 11.6. The summed E-state index contributed by atoms with van der Waals surface area (Å²) in [4.78, 5) is 5.04. The lowest BCUT2D eigenvalue weighted by molar-refractivity contribution is 0.673. The van der Waals surface area contributed by atoms with Gasteiger partial charge in [-0.25, -0.2) is 4.98 Å². The molecule has 0 saturated carbocycles. The van der Waals surface area contributed by atoms with Crippen molar-refractivity contribution in [2.45, 2.75) is 0 Å². The maximum Gasteiger partial charge on any atom is 0.145 e.